The molecular weight excluding hydrogens is 252 g/mol. The zero-order valence-corrected chi connectivity index (χ0v) is 12.8. The fraction of sp³-hybridized carbons (Fsp3) is 0.625. The Morgan fingerprint density at radius 1 is 1.30 bits per heavy atom. The molecule has 0 amide bonds. The van der Waals surface area contributed by atoms with E-state index in [1.54, 1.807) is 12.1 Å². The molecule has 1 heterocycles. The van der Waals surface area contributed by atoms with E-state index in [9.17, 15) is 9.90 Å². The first-order valence-electron chi connectivity index (χ1n) is 7.24. The van der Waals surface area contributed by atoms with Gasteiger partial charge < -0.3 is 10.4 Å². The molecule has 2 N–H and O–H groups in total. The van der Waals surface area contributed by atoms with Crippen LogP contribution in [0.4, 0.5) is 5.82 Å². The van der Waals surface area contributed by atoms with Crippen LogP contribution in [0.1, 0.15) is 69.4 Å². The minimum absolute atomic E-state index is 0.0410. The number of anilines is 1. The van der Waals surface area contributed by atoms with Crippen molar-refractivity contribution < 1.29 is 9.90 Å². The number of pyridine rings is 1. The zero-order valence-electron chi connectivity index (χ0n) is 12.8. The van der Waals surface area contributed by atoms with Crippen LogP contribution in [0.2, 0.25) is 0 Å². The lowest BCUT2D eigenvalue weighted by Crippen LogP contribution is -2.32. The molecule has 0 aromatic carbocycles. The van der Waals surface area contributed by atoms with Gasteiger partial charge in [-0.3, -0.25) is 0 Å². The second-order valence-corrected chi connectivity index (χ2v) is 7.07. The maximum Gasteiger partial charge on any atom is 0.335 e. The minimum Gasteiger partial charge on any atom is -0.478 e. The summed E-state index contributed by atoms with van der Waals surface area (Å²) in [5.41, 5.74) is 0.980. The Bertz CT molecular complexity index is 512. The Morgan fingerprint density at radius 3 is 2.40 bits per heavy atom. The van der Waals surface area contributed by atoms with E-state index in [0.29, 0.717) is 11.4 Å². The predicted molar refractivity (Wildman–Crippen MR) is 80.4 cm³/mol. The fourth-order valence-electron chi connectivity index (χ4n) is 2.69. The molecule has 1 saturated carbocycles. The normalized spacial score (nSPS) is 18.0. The van der Waals surface area contributed by atoms with E-state index < -0.39 is 5.97 Å². The summed E-state index contributed by atoms with van der Waals surface area (Å²) in [6, 6.07) is 3.31. The van der Waals surface area contributed by atoms with Crippen LogP contribution in [0.3, 0.4) is 0 Å². The Labute approximate surface area is 120 Å². The Kier molecular flexibility index (Phi) is 3.76. The van der Waals surface area contributed by atoms with Gasteiger partial charge in [0.25, 0.3) is 0 Å². The molecule has 0 bridgehead atoms. The number of carbonyl (C=O) groups is 1. The molecule has 1 fully saturated rings. The topological polar surface area (TPSA) is 62.2 Å². The number of carboxylic acids is 1. The number of hydrogen-bond acceptors (Lipinski definition) is 3. The van der Waals surface area contributed by atoms with Gasteiger partial charge in [0.2, 0.25) is 0 Å². The summed E-state index contributed by atoms with van der Waals surface area (Å²) in [5.74, 6) is -0.225. The number of rotatable bonds is 3. The van der Waals surface area contributed by atoms with Gasteiger partial charge in [0.15, 0.2) is 0 Å². The summed E-state index contributed by atoms with van der Waals surface area (Å²) < 4.78 is 0. The molecule has 20 heavy (non-hydrogen) atoms. The van der Waals surface area contributed by atoms with Crippen LogP contribution in [0.25, 0.3) is 0 Å². The molecule has 0 aliphatic heterocycles. The van der Waals surface area contributed by atoms with Gasteiger partial charge in [-0.25, -0.2) is 9.78 Å². The van der Waals surface area contributed by atoms with Crippen molar-refractivity contribution in [2.45, 2.75) is 64.3 Å². The third-order valence-corrected chi connectivity index (χ3v) is 3.98. The lowest BCUT2D eigenvalue weighted by Gasteiger charge is -2.27. The van der Waals surface area contributed by atoms with Crippen LogP contribution in [0, 0.1) is 0 Å². The molecule has 1 aromatic rings. The maximum atomic E-state index is 11.3. The van der Waals surface area contributed by atoms with Gasteiger partial charge in [-0.2, -0.15) is 0 Å². The molecule has 2 rings (SSSR count). The predicted octanol–water partition coefficient (Wildman–Crippen LogP) is 3.82. The van der Waals surface area contributed by atoms with Crippen LogP contribution >= 0.6 is 0 Å². The first kappa shape index (κ1) is 14.8. The second kappa shape index (κ2) is 5.08. The number of nitrogens with one attached hydrogen (secondary N) is 1. The van der Waals surface area contributed by atoms with Gasteiger partial charge in [0, 0.05) is 16.6 Å². The smallest absolute Gasteiger partial charge is 0.335 e. The molecule has 1 aromatic heterocycles. The third-order valence-electron chi connectivity index (χ3n) is 3.98. The molecule has 0 unspecified atom stereocenters. The second-order valence-electron chi connectivity index (χ2n) is 7.07. The lowest BCUT2D eigenvalue weighted by atomic mass is 9.90. The summed E-state index contributed by atoms with van der Waals surface area (Å²) in [7, 11) is 0. The summed E-state index contributed by atoms with van der Waals surface area (Å²) in [6.45, 7) is 8.32. The highest BCUT2D eigenvalue weighted by Gasteiger charge is 2.29. The van der Waals surface area contributed by atoms with E-state index in [0.717, 1.165) is 18.5 Å². The highest BCUT2D eigenvalue weighted by atomic mass is 16.4. The van der Waals surface area contributed by atoms with Gasteiger partial charge in [-0.05, 0) is 31.9 Å². The van der Waals surface area contributed by atoms with Gasteiger partial charge in [0.1, 0.15) is 5.82 Å². The molecular formula is C16H24N2O2. The first-order valence-corrected chi connectivity index (χ1v) is 7.24. The molecule has 1 aliphatic carbocycles. The van der Waals surface area contributed by atoms with E-state index in [1.807, 2.05) is 20.8 Å². The molecule has 4 nitrogen and oxygen atoms in total. The Hall–Kier alpha value is -1.58. The number of hydrogen-bond donors (Lipinski definition) is 2. The standard InChI is InChI=1S/C16H24N2O2/c1-15(2,3)12-9-11(14(19)20)10-13(17-12)18-16(4)7-5-6-8-16/h9-10H,5-8H2,1-4H3,(H,17,18)(H,19,20). The Morgan fingerprint density at radius 2 is 1.90 bits per heavy atom. The molecule has 4 heteroatoms. The van der Waals surface area contributed by atoms with Gasteiger partial charge in [-0.15, -0.1) is 0 Å². The summed E-state index contributed by atoms with van der Waals surface area (Å²) in [4.78, 5) is 15.9. The maximum absolute atomic E-state index is 11.3. The summed E-state index contributed by atoms with van der Waals surface area (Å²) in [5, 5.41) is 12.7. The van der Waals surface area contributed by atoms with Crippen molar-refractivity contribution in [1.29, 1.82) is 0 Å². The quantitative estimate of drug-likeness (QED) is 0.881. The summed E-state index contributed by atoms with van der Waals surface area (Å²) in [6.07, 6.45) is 4.65. The number of aromatic nitrogens is 1. The van der Waals surface area contributed by atoms with Crippen LogP contribution in [-0.4, -0.2) is 21.6 Å². The molecule has 110 valence electrons. The van der Waals surface area contributed by atoms with Crippen molar-refractivity contribution in [3.8, 4) is 0 Å². The molecule has 0 atom stereocenters. The van der Waals surface area contributed by atoms with Gasteiger partial charge >= 0.3 is 5.97 Å². The van der Waals surface area contributed by atoms with Crippen LogP contribution < -0.4 is 5.32 Å². The van der Waals surface area contributed by atoms with Crippen LogP contribution in [0.5, 0.6) is 0 Å². The molecule has 0 radical (unpaired) electrons. The van der Waals surface area contributed by atoms with Crippen LogP contribution in [-0.2, 0) is 5.41 Å². The van der Waals surface area contributed by atoms with Gasteiger partial charge in [-0.1, -0.05) is 33.6 Å². The van der Waals surface area contributed by atoms with E-state index in [2.05, 4.69) is 17.2 Å². The van der Waals surface area contributed by atoms with Crippen molar-refractivity contribution in [2.75, 3.05) is 5.32 Å². The number of aromatic carboxylic acids is 1. The number of nitrogens with zero attached hydrogens (tertiary/aromatic N) is 1. The van der Waals surface area contributed by atoms with E-state index in [1.165, 1.54) is 12.8 Å². The zero-order chi connectivity index (χ0) is 15.0. The van der Waals surface area contributed by atoms with Crippen molar-refractivity contribution >= 4 is 11.8 Å². The van der Waals surface area contributed by atoms with Crippen LogP contribution in [0.15, 0.2) is 12.1 Å². The monoisotopic (exact) mass is 276 g/mol. The van der Waals surface area contributed by atoms with Crippen molar-refractivity contribution in [3.05, 3.63) is 23.4 Å². The highest BCUT2D eigenvalue weighted by molar-refractivity contribution is 5.88. The molecule has 0 saturated heterocycles. The number of carboxylic acid groups (broad SMARTS) is 1. The minimum atomic E-state index is -0.905. The van der Waals surface area contributed by atoms with E-state index in [4.69, 9.17) is 0 Å². The Balaban J connectivity index is 2.37. The first-order chi connectivity index (χ1) is 9.20. The van der Waals surface area contributed by atoms with Gasteiger partial charge in [0.05, 0.1) is 5.56 Å². The van der Waals surface area contributed by atoms with Crippen molar-refractivity contribution in [3.63, 3.8) is 0 Å². The average Bonchev–Trinajstić information content (AvgIpc) is 2.74. The third kappa shape index (κ3) is 3.30. The van der Waals surface area contributed by atoms with E-state index >= 15 is 0 Å². The van der Waals surface area contributed by atoms with E-state index in [-0.39, 0.29) is 11.0 Å². The fourth-order valence-corrected chi connectivity index (χ4v) is 2.69. The average molecular weight is 276 g/mol. The summed E-state index contributed by atoms with van der Waals surface area (Å²) >= 11 is 0. The highest BCUT2D eigenvalue weighted by Crippen LogP contribution is 2.33. The largest absolute Gasteiger partial charge is 0.478 e. The molecule has 1 aliphatic rings. The van der Waals surface area contributed by atoms with Crippen molar-refractivity contribution in [2.24, 2.45) is 0 Å². The molecule has 0 spiro atoms. The SMILES string of the molecule is CC1(Nc2cc(C(=O)O)cc(C(C)(C)C)n2)CCCC1. The lowest BCUT2D eigenvalue weighted by molar-refractivity contribution is 0.0696. The van der Waals surface area contributed by atoms with Crippen molar-refractivity contribution in [1.82, 2.24) is 4.98 Å².